The third-order valence-corrected chi connectivity index (χ3v) is 2.03. The Balaban J connectivity index is 2.27. The Morgan fingerprint density at radius 2 is 1.79 bits per heavy atom. The second-order valence-electron chi connectivity index (χ2n) is 3.17. The zero-order chi connectivity index (χ0) is 9.80. The minimum absolute atomic E-state index is 1.08. The molecule has 14 heavy (non-hydrogen) atoms. The van der Waals surface area contributed by atoms with Crippen LogP contribution in [0.5, 0.6) is 0 Å². The van der Waals surface area contributed by atoms with E-state index in [1.807, 2.05) is 29.4 Å². The predicted molar refractivity (Wildman–Crippen MR) is 60.4 cm³/mol. The van der Waals surface area contributed by atoms with Crippen LogP contribution < -0.4 is 5.01 Å². The van der Waals surface area contributed by atoms with Crippen LogP contribution >= 0.6 is 0 Å². The molecule has 0 atom stereocenters. The summed E-state index contributed by atoms with van der Waals surface area (Å²) in [6.45, 7) is 2.08. The Hall–Kier alpha value is -1.83. The average Bonchev–Trinajstić information content (AvgIpc) is 2.47. The molecule has 0 unspecified atom stereocenters. The molecule has 0 bridgehead atoms. The Kier molecular flexibility index (Phi) is 2.45. The molecule has 70 valence electrons. The highest BCUT2D eigenvalue weighted by atomic mass is 15.4. The summed E-state index contributed by atoms with van der Waals surface area (Å²) in [7, 11) is 0. The van der Waals surface area contributed by atoms with E-state index in [1.54, 1.807) is 6.21 Å². The first-order valence-electron chi connectivity index (χ1n) is 4.59. The molecule has 0 aromatic heterocycles. The molecule has 0 aliphatic carbocycles. The van der Waals surface area contributed by atoms with Crippen LogP contribution in [0.25, 0.3) is 0 Å². The number of anilines is 1. The van der Waals surface area contributed by atoms with Crippen molar-refractivity contribution in [1.82, 2.24) is 0 Å². The molecule has 2 heteroatoms. The third kappa shape index (κ3) is 1.91. The Morgan fingerprint density at radius 3 is 2.57 bits per heavy atom. The fourth-order valence-corrected chi connectivity index (χ4v) is 1.24. The van der Waals surface area contributed by atoms with Gasteiger partial charge in [0, 0.05) is 12.4 Å². The number of aryl methyl sites for hydroxylation is 1. The van der Waals surface area contributed by atoms with Gasteiger partial charge in [-0.3, -0.25) is 0 Å². The van der Waals surface area contributed by atoms with Crippen LogP contribution in [0.3, 0.4) is 0 Å². The molecule has 0 N–H and O–H groups in total. The second-order valence-corrected chi connectivity index (χ2v) is 3.17. The van der Waals surface area contributed by atoms with E-state index in [4.69, 9.17) is 0 Å². The zero-order valence-corrected chi connectivity index (χ0v) is 8.09. The molecule has 2 nitrogen and oxygen atoms in total. The molecule has 2 rings (SSSR count). The minimum Gasteiger partial charge on any atom is -0.241 e. The van der Waals surface area contributed by atoms with E-state index in [9.17, 15) is 0 Å². The molecule has 0 fully saturated rings. The largest absolute Gasteiger partial charge is 0.241 e. The summed E-state index contributed by atoms with van der Waals surface area (Å²) in [5.74, 6) is 0. The Morgan fingerprint density at radius 1 is 1.00 bits per heavy atom. The predicted octanol–water partition coefficient (Wildman–Crippen LogP) is 2.87. The monoisotopic (exact) mass is 184 g/mol. The summed E-state index contributed by atoms with van der Waals surface area (Å²) in [4.78, 5) is 0. The van der Waals surface area contributed by atoms with E-state index in [1.165, 1.54) is 5.56 Å². The maximum absolute atomic E-state index is 4.26. The van der Waals surface area contributed by atoms with Gasteiger partial charge in [-0.05, 0) is 31.2 Å². The molecule has 1 heterocycles. The average molecular weight is 184 g/mol. The third-order valence-electron chi connectivity index (χ3n) is 2.03. The summed E-state index contributed by atoms with van der Waals surface area (Å²) in [5.41, 5.74) is 2.33. The van der Waals surface area contributed by atoms with Gasteiger partial charge in [0.05, 0.1) is 5.69 Å². The summed E-state index contributed by atoms with van der Waals surface area (Å²) < 4.78 is 0. The van der Waals surface area contributed by atoms with Crippen molar-refractivity contribution in [2.24, 2.45) is 5.10 Å². The van der Waals surface area contributed by atoms with Gasteiger partial charge < -0.3 is 0 Å². The van der Waals surface area contributed by atoms with E-state index < -0.39 is 0 Å². The molecule has 0 radical (unpaired) electrons. The number of rotatable bonds is 1. The van der Waals surface area contributed by atoms with Crippen molar-refractivity contribution in [2.75, 3.05) is 5.01 Å². The van der Waals surface area contributed by atoms with Gasteiger partial charge in [-0.15, -0.1) is 0 Å². The van der Waals surface area contributed by atoms with E-state index in [2.05, 4.69) is 36.3 Å². The number of benzene rings is 1. The first kappa shape index (κ1) is 8.75. The highest BCUT2D eigenvalue weighted by Crippen LogP contribution is 2.16. The number of hydrogen-bond acceptors (Lipinski definition) is 2. The van der Waals surface area contributed by atoms with Crippen LogP contribution in [-0.2, 0) is 0 Å². The quantitative estimate of drug-likeness (QED) is 0.655. The van der Waals surface area contributed by atoms with Crippen LogP contribution in [0, 0.1) is 6.92 Å². The molecule has 0 saturated carbocycles. The van der Waals surface area contributed by atoms with Crippen molar-refractivity contribution in [1.29, 1.82) is 0 Å². The second kappa shape index (κ2) is 3.92. The molecule has 0 amide bonds. The van der Waals surface area contributed by atoms with Gasteiger partial charge in [0.1, 0.15) is 0 Å². The molecule has 1 aromatic carbocycles. The molecular formula is C12H12N2. The smallest absolute Gasteiger partial charge is 0.0645 e. The molecular weight excluding hydrogens is 172 g/mol. The summed E-state index contributed by atoms with van der Waals surface area (Å²) in [6, 6.07) is 8.28. The van der Waals surface area contributed by atoms with Gasteiger partial charge in [0.25, 0.3) is 0 Å². The van der Waals surface area contributed by atoms with Gasteiger partial charge >= 0.3 is 0 Å². The molecule has 0 spiro atoms. The molecule has 1 aromatic rings. The van der Waals surface area contributed by atoms with Crippen LogP contribution in [0.1, 0.15) is 5.56 Å². The first-order valence-corrected chi connectivity index (χ1v) is 4.59. The highest BCUT2D eigenvalue weighted by Gasteiger charge is 1.99. The number of hydrazone groups is 1. The summed E-state index contributed by atoms with van der Waals surface area (Å²) in [5, 5.41) is 6.10. The Bertz CT molecular complexity index is 369. The van der Waals surface area contributed by atoms with E-state index in [0.717, 1.165) is 5.69 Å². The topological polar surface area (TPSA) is 15.6 Å². The van der Waals surface area contributed by atoms with Crippen LogP contribution in [-0.4, -0.2) is 6.21 Å². The SMILES string of the molecule is Cc1ccc(N2C=CC=CC=N2)cc1. The van der Waals surface area contributed by atoms with Gasteiger partial charge in [-0.25, -0.2) is 5.01 Å². The van der Waals surface area contributed by atoms with E-state index in [0.29, 0.717) is 0 Å². The van der Waals surface area contributed by atoms with E-state index >= 15 is 0 Å². The molecule has 1 aliphatic heterocycles. The fraction of sp³-hybridized carbons (Fsp3) is 0.0833. The van der Waals surface area contributed by atoms with Crippen molar-refractivity contribution in [2.45, 2.75) is 6.92 Å². The van der Waals surface area contributed by atoms with Crippen molar-refractivity contribution in [3.05, 3.63) is 54.3 Å². The molecule has 1 aliphatic rings. The van der Waals surface area contributed by atoms with Crippen molar-refractivity contribution in [3.8, 4) is 0 Å². The maximum Gasteiger partial charge on any atom is 0.0645 e. The van der Waals surface area contributed by atoms with Crippen molar-refractivity contribution in [3.63, 3.8) is 0 Å². The molecule has 0 saturated heterocycles. The number of allylic oxidation sites excluding steroid dienone is 3. The lowest BCUT2D eigenvalue weighted by atomic mass is 10.2. The summed E-state index contributed by atoms with van der Waals surface area (Å²) in [6.07, 6.45) is 9.54. The normalized spacial score (nSPS) is 14.5. The number of nitrogens with zero attached hydrogens (tertiary/aromatic N) is 2. The first-order chi connectivity index (χ1) is 6.86. The fourth-order valence-electron chi connectivity index (χ4n) is 1.24. The standard InChI is InChI=1S/C12H12N2/c1-11-5-7-12(8-6-11)14-10-4-2-3-9-13-14/h2-10H,1H3. The van der Waals surface area contributed by atoms with Gasteiger partial charge in [-0.2, -0.15) is 5.10 Å². The van der Waals surface area contributed by atoms with Gasteiger partial charge in [0.2, 0.25) is 0 Å². The van der Waals surface area contributed by atoms with Crippen molar-refractivity contribution < 1.29 is 0 Å². The van der Waals surface area contributed by atoms with Crippen molar-refractivity contribution >= 4 is 11.9 Å². The maximum atomic E-state index is 4.26. The van der Waals surface area contributed by atoms with Crippen LogP contribution in [0.4, 0.5) is 5.69 Å². The van der Waals surface area contributed by atoms with E-state index in [-0.39, 0.29) is 0 Å². The van der Waals surface area contributed by atoms with Crippen LogP contribution in [0.15, 0.2) is 53.8 Å². The van der Waals surface area contributed by atoms with Gasteiger partial charge in [-0.1, -0.05) is 23.8 Å². The zero-order valence-electron chi connectivity index (χ0n) is 8.09. The Labute approximate surface area is 83.9 Å². The number of hydrogen-bond donors (Lipinski definition) is 0. The lowest BCUT2D eigenvalue weighted by Gasteiger charge is -2.13. The minimum atomic E-state index is 1.08. The van der Waals surface area contributed by atoms with Crippen LogP contribution in [0.2, 0.25) is 0 Å². The summed E-state index contributed by atoms with van der Waals surface area (Å²) >= 11 is 0. The lowest BCUT2D eigenvalue weighted by Crippen LogP contribution is -2.06. The van der Waals surface area contributed by atoms with Gasteiger partial charge in [0.15, 0.2) is 0 Å². The lowest BCUT2D eigenvalue weighted by molar-refractivity contribution is 1.09. The highest BCUT2D eigenvalue weighted by molar-refractivity contribution is 5.74.